The van der Waals surface area contributed by atoms with E-state index in [1.54, 1.807) is 11.3 Å². The Morgan fingerprint density at radius 3 is 2.29 bits per heavy atom. The fraction of sp³-hybridized carbons (Fsp3) is 0.125. The van der Waals surface area contributed by atoms with Gasteiger partial charge in [0.2, 0.25) is 0 Å². The maximum atomic E-state index is 13.9. The van der Waals surface area contributed by atoms with Crippen LogP contribution in [0.1, 0.15) is 22.9 Å². The normalized spacial score (nSPS) is 10.7. The molecular weight excluding hydrogens is 374 g/mol. The summed E-state index contributed by atoms with van der Waals surface area (Å²) in [5.41, 5.74) is 0.474. The zero-order valence-electron chi connectivity index (χ0n) is 11.0. The molecule has 0 N–H and O–H groups in total. The fourth-order valence-corrected chi connectivity index (χ4v) is 4.82. The largest absolute Gasteiger partial charge is 0.206 e. The molecule has 0 saturated carbocycles. The van der Waals surface area contributed by atoms with E-state index in [4.69, 9.17) is 0 Å². The lowest BCUT2D eigenvalue weighted by Gasteiger charge is -2.01. The molecule has 0 unspecified atom stereocenters. The summed E-state index contributed by atoms with van der Waals surface area (Å²) in [6.07, 6.45) is 0.595. The summed E-state index contributed by atoms with van der Waals surface area (Å²) in [6.45, 7) is 1.86. The van der Waals surface area contributed by atoms with Gasteiger partial charge in [0.15, 0.2) is 0 Å². The number of hydrogen-bond acceptors (Lipinski definition) is 2. The molecule has 0 spiro atoms. The second-order valence-electron chi connectivity index (χ2n) is 4.43. The molecule has 2 heterocycles. The number of fused-ring (bicyclic) bond motifs is 1. The fourth-order valence-electron chi connectivity index (χ4n) is 1.94. The van der Waals surface area contributed by atoms with Crippen molar-refractivity contribution in [2.45, 2.75) is 13.3 Å². The van der Waals surface area contributed by atoms with Crippen LogP contribution < -0.4 is 0 Å². The van der Waals surface area contributed by atoms with Crippen molar-refractivity contribution < 1.29 is 8.78 Å². The van der Waals surface area contributed by atoms with Gasteiger partial charge in [-0.1, -0.05) is 18.8 Å². The minimum Gasteiger partial charge on any atom is -0.206 e. The van der Waals surface area contributed by atoms with E-state index in [9.17, 15) is 8.78 Å². The maximum absolute atomic E-state index is 13.9. The van der Waals surface area contributed by atoms with Crippen LogP contribution in [0, 0.1) is 23.5 Å². The molecule has 0 amide bonds. The van der Waals surface area contributed by atoms with Gasteiger partial charge in [0.05, 0.1) is 14.2 Å². The quantitative estimate of drug-likeness (QED) is 0.455. The molecule has 5 heteroatoms. The molecule has 0 bridgehead atoms. The molecule has 3 rings (SSSR count). The van der Waals surface area contributed by atoms with Crippen LogP contribution in [-0.4, -0.2) is 0 Å². The van der Waals surface area contributed by atoms with Gasteiger partial charge in [0.25, 0.3) is 0 Å². The second-order valence-corrected chi connectivity index (χ2v) is 7.97. The average Bonchev–Trinajstić information content (AvgIpc) is 2.94. The lowest BCUT2D eigenvalue weighted by atomic mass is 10.1. The number of halogens is 3. The van der Waals surface area contributed by atoms with Crippen molar-refractivity contribution in [1.82, 2.24) is 0 Å². The zero-order valence-corrected chi connectivity index (χ0v) is 14.2. The van der Waals surface area contributed by atoms with Crippen molar-refractivity contribution in [2.24, 2.45) is 0 Å². The van der Waals surface area contributed by atoms with Crippen LogP contribution in [0.15, 0.2) is 28.1 Å². The van der Waals surface area contributed by atoms with Crippen molar-refractivity contribution in [3.8, 4) is 11.8 Å². The van der Waals surface area contributed by atoms with E-state index in [2.05, 4.69) is 27.8 Å². The number of rotatable bonds is 1. The first-order valence-corrected chi connectivity index (χ1v) is 8.68. The minimum absolute atomic E-state index is 0.162. The molecule has 1 aromatic carbocycles. The summed E-state index contributed by atoms with van der Waals surface area (Å²) in [5, 5.41) is 0. The molecule has 2 aromatic heterocycles. The van der Waals surface area contributed by atoms with Gasteiger partial charge < -0.3 is 0 Å². The zero-order chi connectivity index (χ0) is 15.0. The second kappa shape index (κ2) is 5.88. The monoisotopic (exact) mass is 382 g/mol. The van der Waals surface area contributed by atoms with E-state index < -0.39 is 11.6 Å². The SMILES string of the molecule is CCc1cc(F)c(C#Cc2cc3sc(Br)cc3s2)c(F)c1. The Morgan fingerprint density at radius 2 is 1.67 bits per heavy atom. The lowest BCUT2D eigenvalue weighted by molar-refractivity contribution is 0.574. The first-order chi connectivity index (χ1) is 10.1. The molecule has 0 aliphatic rings. The van der Waals surface area contributed by atoms with E-state index >= 15 is 0 Å². The lowest BCUT2D eigenvalue weighted by Crippen LogP contribution is -1.93. The molecule has 0 fully saturated rings. The molecule has 106 valence electrons. The molecule has 0 saturated heterocycles. The smallest absolute Gasteiger partial charge is 0.142 e. The Labute approximate surface area is 137 Å². The van der Waals surface area contributed by atoms with Gasteiger partial charge >= 0.3 is 0 Å². The van der Waals surface area contributed by atoms with Crippen molar-refractivity contribution in [3.05, 3.63) is 55.7 Å². The molecule has 0 aliphatic carbocycles. The minimum atomic E-state index is -0.597. The summed E-state index contributed by atoms with van der Waals surface area (Å²) in [7, 11) is 0. The number of thiophene rings is 2. The van der Waals surface area contributed by atoms with Crippen molar-refractivity contribution in [2.75, 3.05) is 0 Å². The Hall–Kier alpha value is -1.22. The van der Waals surface area contributed by atoms with E-state index in [-0.39, 0.29) is 5.56 Å². The predicted octanol–water partition coefficient (Wildman–Crippen LogP) is 5.97. The molecule has 0 atom stereocenters. The number of benzene rings is 1. The van der Waals surface area contributed by atoms with Gasteiger partial charge in [-0.15, -0.1) is 22.7 Å². The Kier molecular flexibility index (Phi) is 4.12. The molecule has 0 aliphatic heterocycles. The Bertz CT molecular complexity index is 826. The van der Waals surface area contributed by atoms with Gasteiger partial charge in [-0.3, -0.25) is 0 Å². The van der Waals surface area contributed by atoms with Crippen LogP contribution in [0.2, 0.25) is 0 Å². The summed E-state index contributed by atoms with van der Waals surface area (Å²) in [5.74, 6) is 4.28. The van der Waals surface area contributed by atoms with Gasteiger partial charge in [-0.25, -0.2) is 8.78 Å². The van der Waals surface area contributed by atoms with E-state index in [0.29, 0.717) is 12.0 Å². The van der Waals surface area contributed by atoms with Crippen molar-refractivity contribution >= 4 is 48.0 Å². The first-order valence-electron chi connectivity index (χ1n) is 6.25. The highest BCUT2D eigenvalue weighted by Crippen LogP contribution is 2.35. The highest BCUT2D eigenvalue weighted by Gasteiger charge is 2.09. The molecule has 0 nitrogen and oxygen atoms in total. The van der Waals surface area contributed by atoms with Gasteiger partial charge in [-0.05, 0) is 52.2 Å². The van der Waals surface area contributed by atoms with Crippen LogP contribution in [0.4, 0.5) is 8.78 Å². The molecular formula is C16H9BrF2S2. The van der Waals surface area contributed by atoms with Crippen LogP contribution in [0.3, 0.4) is 0 Å². The molecule has 21 heavy (non-hydrogen) atoms. The van der Waals surface area contributed by atoms with E-state index in [0.717, 1.165) is 18.1 Å². The summed E-state index contributed by atoms with van der Waals surface area (Å²) < 4.78 is 31.0. The maximum Gasteiger partial charge on any atom is 0.142 e. The van der Waals surface area contributed by atoms with Gasteiger partial charge in [-0.2, -0.15) is 0 Å². The summed E-state index contributed by atoms with van der Waals surface area (Å²) in [4.78, 5) is 0.808. The Morgan fingerprint density at radius 1 is 1.00 bits per heavy atom. The summed E-state index contributed by atoms with van der Waals surface area (Å²) >= 11 is 6.56. The molecule has 3 aromatic rings. The third-order valence-corrected chi connectivity index (χ3v) is 5.71. The van der Waals surface area contributed by atoms with Gasteiger partial charge in [0.1, 0.15) is 11.6 Å². The van der Waals surface area contributed by atoms with E-state index in [1.165, 1.54) is 23.5 Å². The molecule has 0 radical (unpaired) electrons. The number of hydrogen-bond donors (Lipinski definition) is 0. The highest BCUT2D eigenvalue weighted by atomic mass is 79.9. The topological polar surface area (TPSA) is 0 Å². The first kappa shape index (κ1) is 14.7. The van der Waals surface area contributed by atoms with Crippen molar-refractivity contribution in [1.29, 1.82) is 0 Å². The van der Waals surface area contributed by atoms with E-state index in [1.807, 2.05) is 19.1 Å². The van der Waals surface area contributed by atoms with Crippen LogP contribution in [0.25, 0.3) is 9.40 Å². The third-order valence-electron chi connectivity index (χ3n) is 3.00. The Balaban J connectivity index is 1.98. The van der Waals surface area contributed by atoms with Crippen LogP contribution in [-0.2, 0) is 6.42 Å². The highest BCUT2D eigenvalue weighted by molar-refractivity contribution is 9.11. The predicted molar refractivity (Wildman–Crippen MR) is 89.1 cm³/mol. The van der Waals surface area contributed by atoms with Crippen LogP contribution in [0.5, 0.6) is 0 Å². The van der Waals surface area contributed by atoms with Crippen molar-refractivity contribution in [3.63, 3.8) is 0 Å². The number of aryl methyl sites for hydroxylation is 1. The van der Waals surface area contributed by atoms with Crippen LogP contribution >= 0.6 is 38.6 Å². The third kappa shape index (κ3) is 3.03. The average molecular weight is 383 g/mol. The van der Waals surface area contributed by atoms with Gasteiger partial charge in [0, 0.05) is 9.40 Å². The summed E-state index contributed by atoms with van der Waals surface area (Å²) in [6, 6.07) is 6.65. The standard InChI is InChI=1S/C16H9BrF2S2/c1-2-9-5-12(18)11(13(19)6-9)4-3-10-7-14-15(20-10)8-16(17)21-14/h5-8H,2H2,1H3.